The third-order valence-corrected chi connectivity index (χ3v) is 8.30. The number of alkyl carbamates (subject to hydrolysis) is 1. The van der Waals surface area contributed by atoms with Gasteiger partial charge in [0.05, 0.1) is 0 Å². The Morgan fingerprint density at radius 2 is 1.50 bits per heavy atom. The molecule has 2 aromatic rings. The quantitative estimate of drug-likeness (QED) is 0.320. The average Bonchev–Trinajstić information content (AvgIpc) is 2.91. The molecule has 0 aromatic heterocycles. The number of hydrogen-bond acceptors (Lipinski definition) is 4. The Bertz CT molecular complexity index is 1190. The summed E-state index contributed by atoms with van der Waals surface area (Å²) in [5, 5.41) is 6.19. The van der Waals surface area contributed by atoms with Crippen molar-refractivity contribution in [2.24, 2.45) is 0 Å². The lowest BCUT2D eigenvalue weighted by atomic mass is 9.87. The fourth-order valence-electron chi connectivity index (χ4n) is 5.78. The molecule has 1 fully saturated rings. The summed E-state index contributed by atoms with van der Waals surface area (Å²) in [6.45, 7) is 15.4. The summed E-state index contributed by atoms with van der Waals surface area (Å²) in [5.41, 5.74) is 2.19. The molecule has 0 spiro atoms. The van der Waals surface area contributed by atoms with E-state index in [0.29, 0.717) is 6.42 Å². The predicted octanol–water partition coefficient (Wildman–Crippen LogP) is 6.95. The molecule has 0 bridgehead atoms. The van der Waals surface area contributed by atoms with Crippen LogP contribution in [0.5, 0.6) is 0 Å². The van der Waals surface area contributed by atoms with Gasteiger partial charge < -0.3 is 20.3 Å². The summed E-state index contributed by atoms with van der Waals surface area (Å²) >= 11 is 0. The van der Waals surface area contributed by atoms with Crippen molar-refractivity contribution in [2.75, 3.05) is 0 Å². The van der Waals surface area contributed by atoms with Gasteiger partial charge in [-0.05, 0) is 90.0 Å². The largest absolute Gasteiger partial charge is 0.444 e. The predicted molar refractivity (Wildman–Crippen MR) is 168 cm³/mol. The molecule has 230 valence electrons. The fraction of sp³-hybridized carbons (Fsp3) is 0.571. The summed E-state index contributed by atoms with van der Waals surface area (Å²) in [7, 11) is 0. The SMILES string of the molecule is CCC(C)(C)N(C(=O)C(Cc1ccccc1)NC(=O)OC(C)(C)C)C(C(=O)NC1CCCCC1)c1c(C)cccc1C. The first kappa shape index (κ1) is 33.2. The minimum Gasteiger partial charge on any atom is -0.444 e. The average molecular weight is 578 g/mol. The van der Waals surface area contributed by atoms with Gasteiger partial charge in [-0.25, -0.2) is 4.79 Å². The van der Waals surface area contributed by atoms with Gasteiger partial charge in [-0.3, -0.25) is 9.59 Å². The molecular formula is C35H51N3O4. The highest BCUT2D eigenvalue weighted by Gasteiger charge is 2.44. The molecular weight excluding hydrogens is 526 g/mol. The zero-order valence-electron chi connectivity index (χ0n) is 26.9. The molecule has 1 aliphatic carbocycles. The number of benzene rings is 2. The Morgan fingerprint density at radius 3 is 2.05 bits per heavy atom. The molecule has 0 aliphatic heterocycles. The lowest BCUT2D eigenvalue weighted by Crippen LogP contribution is -2.60. The second kappa shape index (κ2) is 14.2. The number of hydrogen-bond donors (Lipinski definition) is 2. The second-order valence-corrected chi connectivity index (χ2v) is 13.3. The molecule has 2 N–H and O–H groups in total. The minimum absolute atomic E-state index is 0.0831. The molecule has 1 aliphatic rings. The maximum Gasteiger partial charge on any atom is 0.408 e. The topological polar surface area (TPSA) is 87.7 Å². The second-order valence-electron chi connectivity index (χ2n) is 13.3. The van der Waals surface area contributed by atoms with Gasteiger partial charge in [-0.1, -0.05) is 74.7 Å². The van der Waals surface area contributed by atoms with Gasteiger partial charge in [0.15, 0.2) is 0 Å². The molecule has 1 saturated carbocycles. The van der Waals surface area contributed by atoms with Gasteiger partial charge in [-0.15, -0.1) is 0 Å². The van der Waals surface area contributed by atoms with Crippen LogP contribution in [0.3, 0.4) is 0 Å². The van der Waals surface area contributed by atoms with E-state index >= 15 is 0 Å². The zero-order valence-corrected chi connectivity index (χ0v) is 26.9. The van der Waals surface area contributed by atoms with Crippen LogP contribution in [-0.4, -0.2) is 46.0 Å². The van der Waals surface area contributed by atoms with Gasteiger partial charge in [-0.2, -0.15) is 0 Å². The molecule has 0 radical (unpaired) electrons. The van der Waals surface area contributed by atoms with Crippen LogP contribution in [0.4, 0.5) is 4.79 Å². The van der Waals surface area contributed by atoms with E-state index in [9.17, 15) is 14.4 Å². The molecule has 0 saturated heterocycles. The monoisotopic (exact) mass is 577 g/mol. The van der Waals surface area contributed by atoms with E-state index in [2.05, 4.69) is 10.6 Å². The van der Waals surface area contributed by atoms with Gasteiger partial charge in [0.25, 0.3) is 0 Å². The van der Waals surface area contributed by atoms with Gasteiger partial charge in [0.1, 0.15) is 17.7 Å². The lowest BCUT2D eigenvalue weighted by molar-refractivity contribution is -0.149. The first-order valence-corrected chi connectivity index (χ1v) is 15.5. The summed E-state index contributed by atoms with van der Waals surface area (Å²) in [5.74, 6) is -0.493. The normalized spacial score (nSPS) is 15.8. The molecule has 2 atom stereocenters. The molecule has 3 amide bonds. The van der Waals surface area contributed by atoms with Crippen LogP contribution in [0.1, 0.15) is 108 Å². The first-order chi connectivity index (χ1) is 19.7. The number of amides is 3. The van der Waals surface area contributed by atoms with E-state index in [0.717, 1.165) is 47.9 Å². The highest BCUT2D eigenvalue weighted by atomic mass is 16.6. The van der Waals surface area contributed by atoms with Gasteiger partial charge in [0, 0.05) is 18.0 Å². The third-order valence-electron chi connectivity index (χ3n) is 8.30. The lowest BCUT2D eigenvalue weighted by Gasteiger charge is -2.45. The van der Waals surface area contributed by atoms with Crippen LogP contribution in [0, 0.1) is 13.8 Å². The Kier molecular flexibility index (Phi) is 11.2. The van der Waals surface area contributed by atoms with E-state index in [1.165, 1.54) is 6.42 Å². The molecule has 42 heavy (non-hydrogen) atoms. The third kappa shape index (κ3) is 8.83. The maximum atomic E-state index is 14.9. The summed E-state index contributed by atoms with van der Waals surface area (Å²) in [4.78, 5) is 44.1. The number of nitrogens with zero attached hydrogens (tertiary/aromatic N) is 1. The van der Waals surface area contributed by atoms with Crippen LogP contribution in [0.2, 0.25) is 0 Å². The van der Waals surface area contributed by atoms with Crippen molar-refractivity contribution in [2.45, 2.75) is 130 Å². The number of rotatable bonds is 10. The van der Waals surface area contributed by atoms with Crippen LogP contribution >= 0.6 is 0 Å². The molecule has 2 unspecified atom stereocenters. The Labute approximate surface area is 252 Å². The Morgan fingerprint density at radius 1 is 0.905 bits per heavy atom. The van der Waals surface area contributed by atoms with Crippen molar-refractivity contribution in [1.29, 1.82) is 0 Å². The number of nitrogens with one attached hydrogen (secondary N) is 2. The van der Waals surface area contributed by atoms with E-state index in [-0.39, 0.29) is 24.3 Å². The van der Waals surface area contributed by atoms with Crippen LogP contribution in [0.25, 0.3) is 0 Å². The zero-order chi connectivity index (χ0) is 31.1. The highest BCUT2D eigenvalue weighted by molar-refractivity contribution is 5.93. The molecule has 7 heteroatoms. The molecule has 0 heterocycles. The van der Waals surface area contributed by atoms with E-state index in [1.54, 1.807) is 25.7 Å². The summed E-state index contributed by atoms with van der Waals surface area (Å²) in [6.07, 6.45) is 5.43. The molecule has 7 nitrogen and oxygen atoms in total. The summed E-state index contributed by atoms with van der Waals surface area (Å²) in [6, 6.07) is 13.8. The van der Waals surface area contributed by atoms with Crippen LogP contribution in [-0.2, 0) is 20.7 Å². The molecule has 3 rings (SSSR count). The van der Waals surface area contributed by atoms with Crippen molar-refractivity contribution >= 4 is 17.9 Å². The Hall–Kier alpha value is -3.35. The smallest absolute Gasteiger partial charge is 0.408 e. The van der Waals surface area contributed by atoms with Gasteiger partial charge in [0.2, 0.25) is 11.8 Å². The minimum atomic E-state index is -0.942. The molecule has 2 aromatic carbocycles. The van der Waals surface area contributed by atoms with Crippen molar-refractivity contribution in [3.8, 4) is 0 Å². The van der Waals surface area contributed by atoms with E-state index < -0.39 is 29.3 Å². The maximum absolute atomic E-state index is 14.9. The Balaban J connectivity index is 2.13. The van der Waals surface area contributed by atoms with E-state index in [4.69, 9.17) is 4.74 Å². The number of carbonyl (C=O) groups excluding carboxylic acids is 3. The first-order valence-electron chi connectivity index (χ1n) is 15.5. The van der Waals surface area contributed by atoms with Crippen molar-refractivity contribution in [3.05, 3.63) is 70.8 Å². The fourth-order valence-corrected chi connectivity index (χ4v) is 5.78. The number of aryl methyl sites for hydroxylation is 2. The van der Waals surface area contributed by atoms with Gasteiger partial charge >= 0.3 is 6.09 Å². The number of carbonyl (C=O) groups is 3. The standard InChI is InChI=1S/C35H51N3O4/c1-9-35(7,8)38(32(40)28(23-26-19-12-10-13-20-26)37-33(41)42-34(4,5)6)30(29-24(2)17-16-18-25(29)3)31(39)36-27-21-14-11-15-22-27/h10,12-13,16-20,27-28,30H,9,11,14-15,21-23H2,1-8H3,(H,36,39)(H,37,41). The van der Waals surface area contributed by atoms with E-state index in [1.807, 2.05) is 83.1 Å². The van der Waals surface area contributed by atoms with Crippen LogP contribution < -0.4 is 10.6 Å². The summed E-state index contributed by atoms with van der Waals surface area (Å²) < 4.78 is 5.58. The van der Waals surface area contributed by atoms with Crippen molar-refractivity contribution in [1.82, 2.24) is 15.5 Å². The number of ether oxygens (including phenoxy) is 1. The highest BCUT2D eigenvalue weighted by Crippen LogP contribution is 2.36. The van der Waals surface area contributed by atoms with Crippen molar-refractivity contribution < 1.29 is 19.1 Å². The van der Waals surface area contributed by atoms with Crippen LogP contribution in [0.15, 0.2) is 48.5 Å². The van der Waals surface area contributed by atoms with Crippen molar-refractivity contribution in [3.63, 3.8) is 0 Å².